The SMILES string of the molecule is CC(C)(O)CN(Cc1ccccc1)c1ccc2nnnn2n1. The Hall–Kier alpha value is -2.54. The molecular formula is C15H18N6O. The number of aliphatic hydroxyl groups is 1. The maximum absolute atomic E-state index is 10.2. The van der Waals surface area contributed by atoms with E-state index in [-0.39, 0.29) is 0 Å². The fraction of sp³-hybridized carbons (Fsp3) is 0.333. The van der Waals surface area contributed by atoms with Crippen LogP contribution in [0.3, 0.4) is 0 Å². The fourth-order valence-corrected chi connectivity index (χ4v) is 2.30. The van der Waals surface area contributed by atoms with Crippen LogP contribution in [0.4, 0.5) is 5.82 Å². The van der Waals surface area contributed by atoms with E-state index in [1.807, 2.05) is 47.4 Å². The number of anilines is 1. The molecule has 3 rings (SSSR count). The summed E-state index contributed by atoms with van der Waals surface area (Å²) >= 11 is 0. The highest BCUT2D eigenvalue weighted by Crippen LogP contribution is 2.18. The Morgan fingerprint density at radius 3 is 2.64 bits per heavy atom. The average molecular weight is 298 g/mol. The monoisotopic (exact) mass is 298 g/mol. The smallest absolute Gasteiger partial charge is 0.200 e. The topological polar surface area (TPSA) is 79.4 Å². The van der Waals surface area contributed by atoms with E-state index in [4.69, 9.17) is 0 Å². The van der Waals surface area contributed by atoms with Crippen LogP contribution in [0.15, 0.2) is 42.5 Å². The summed E-state index contributed by atoms with van der Waals surface area (Å²) in [5.74, 6) is 0.714. The fourth-order valence-electron chi connectivity index (χ4n) is 2.30. The van der Waals surface area contributed by atoms with E-state index < -0.39 is 5.60 Å². The Kier molecular flexibility index (Phi) is 3.72. The molecule has 0 unspecified atom stereocenters. The highest BCUT2D eigenvalue weighted by molar-refractivity contribution is 5.45. The molecule has 1 aromatic carbocycles. The van der Waals surface area contributed by atoms with Crippen molar-refractivity contribution < 1.29 is 5.11 Å². The van der Waals surface area contributed by atoms with Gasteiger partial charge in [-0.25, -0.2) is 0 Å². The minimum atomic E-state index is -0.841. The zero-order valence-electron chi connectivity index (χ0n) is 12.6. The van der Waals surface area contributed by atoms with Crippen molar-refractivity contribution in [3.8, 4) is 0 Å². The first-order valence-corrected chi connectivity index (χ1v) is 7.08. The van der Waals surface area contributed by atoms with Crippen molar-refractivity contribution in [3.05, 3.63) is 48.0 Å². The number of rotatable bonds is 5. The molecule has 0 atom stereocenters. The zero-order valence-corrected chi connectivity index (χ0v) is 12.6. The highest BCUT2D eigenvalue weighted by Gasteiger charge is 2.20. The van der Waals surface area contributed by atoms with Crippen molar-refractivity contribution in [2.75, 3.05) is 11.4 Å². The summed E-state index contributed by atoms with van der Waals surface area (Å²) in [6, 6.07) is 13.7. The molecule has 0 spiro atoms. The molecule has 1 N–H and O–H groups in total. The number of benzene rings is 1. The van der Waals surface area contributed by atoms with Gasteiger partial charge in [-0.15, -0.1) is 14.8 Å². The molecule has 0 radical (unpaired) electrons. The normalized spacial score (nSPS) is 11.8. The van der Waals surface area contributed by atoms with E-state index in [0.29, 0.717) is 24.6 Å². The summed E-state index contributed by atoms with van der Waals surface area (Å²) < 4.78 is 1.39. The van der Waals surface area contributed by atoms with Crippen LogP contribution in [-0.2, 0) is 6.54 Å². The van der Waals surface area contributed by atoms with E-state index in [1.165, 1.54) is 4.63 Å². The average Bonchev–Trinajstić information content (AvgIpc) is 2.93. The third-order valence-electron chi connectivity index (χ3n) is 3.17. The summed E-state index contributed by atoms with van der Waals surface area (Å²) in [4.78, 5) is 2.01. The van der Waals surface area contributed by atoms with Gasteiger partial charge in [0.05, 0.1) is 5.60 Å². The second-order valence-corrected chi connectivity index (χ2v) is 5.87. The number of hydrogen-bond donors (Lipinski definition) is 1. The van der Waals surface area contributed by atoms with Crippen LogP contribution >= 0.6 is 0 Å². The summed E-state index contributed by atoms with van der Waals surface area (Å²) in [5.41, 5.74) is 0.892. The maximum atomic E-state index is 10.2. The van der Waals surface area contributed by atoms with Gasteiger partial charge >= 0.3 is 0 Å². The molecular weight excluding hydrogens is 280 g/mol. The van der Waals surface area contributed by atoms with Crippen molar-refractivity contribution in [2.24, 2.45) is 0 Å². The molecule has 0 fully saturated rings. The first-order valence-electron chi connectivity index (χ1n) is 7.08. The van der Waals surface area contributed by atoms with Gasteiger partial charge in [-0.1, -0.05) is 30.3 Å². The molecule has 114 valence electrons. The van der Waals surface area contributed by atoms with Gasteiger partial charge in [-0.3, -0.25) is 0 Å². The molecule has 2 heterocycles. The van der Waals surface area contributed by atoms with Crippen LogP contribution in [0.25, 0.3) is 5.65 Å². The molecule has 0 saturated carbocycles. The van der Waals surface area contributed by atoms with Gasteiger partial charge < -0.3 is 10.0 Å². The molecule has 0 aliphatic rings. The van der Waals surface area contributed by atoms with Crippen molar-refractivity contribution in [1.29, 1.82) is 0 Å². The summed E-state index contributed by atoms with van der Waals surface area (Å²) in [6.45, 7) is 4.65. The number of nitrogens with zero attached hydrogens (tertiary/aromatic N) is 6. The maximum Gasteiger partial charge on any atom is 0.200 e. The van der Waals surface area contributed by atoms with Gasteiger partial charge in [-0.05, 0) is 42.0 Å². The van der Waals surface area contributed by atoms with Crippen LogP contribution in [0.5, 0.6) is 0 Å². The van der Waals surface area contributed by atoms with E-state index in [9.17, 15) is 5.11 Å². The molecule has 0 aliphatic carbocycles. The van der Waals surface area contributed by atoms with Gasteiger partial charge in [0, 0.05) is 13.1 Å². The largest absolute Gasteiger partial charge is 0.389 e. The van der Waals surface area contributed by atoms with Crippen molar-refractivity contribution in [3.63, 3.8) is 0 Å². The Bertz CT molecular complexity index is 749. The standard InChI is InChI=1S/C15H18N6O/c1-15(2,22)11-20(10-12-6-4-3-5-7-12)14-9-8-13-16-18-19-21(13)17-14/h3-9,22H,10-11H2,1-2H3. The third-order valence-corrected chi connectivity index (χ3v) is 3.17. The number of aromatic nitrogens is 5. The lowest BCUT2D eigenvalue weighted by Crippen LogP contribution is -2.39. The molecule has 2 aromatic heterocycles. The van der Waals surface area contributed by atoms with E-state index in [1.54, 1.807) is 13.8 Å². The Labute approximate surface area is 128 Å². The van der Waals surface area contributed by atoms with E-state index in [2.05, 4.69) is 20.6 Å². The molecule has 3 aromatic rings. The lowest BCUT2D eigenvalue weighted by molar-refractivity contribution is 0.0867. The second kappa shape index (κ2) is 5.69. The summed E-state index contributed by atoms with van der Waals surface area (Å²) in [6.07, 6.45) is 0. The van der Waals surface area contributed by atoms with Crippen LogP contribution in [-0.4, -0.2) is 42.5 Å². The minimum absolute atomic E-state index is 0.447. The highest BCUT2D eigenvalue weighted by atomic mass is 16.3. The quantitative estimate of drug-likeness (QED) is 0.765. The van der Waals surface area contributed by atoms with E-state index >= 15 is 0 Å². The first-order chi connectivity index (χ1) is 10.5. The lowest BCUT2D eigenvalue weighted by atomic mass is 10.1. The third kappa shape index (κ3) is 3.37. The number of fused-ring (bicyclic) bond motifs is 1. The van der Waals surface area contributed by atoms with E-state index in [0.717, 1.165) is 5.56 Å². The van der Waals surface area contributed by atoms with Gasteiger partial charge in [-0.2, -0.15) is 0 Å². The second-order valence-electron chi connectivity index (χ2n) is 5.87. The zero-order chi connectivity index (χ0) is 15.6. The van der Waals surface area contributed by atoms with Crippen molar-refractivity contribution in [2.45, 2.75) is 26.0 Å². The number of hydrogen-bond acceptors (Lipinski definition) is 6. The molecule has 0 bridgehead atoms. The minimum Gasteiger partial charge on any atom is -0.389 e. The predicted octanol–water partition coefficient (Wildman–Crippen LogP) is 1.30. The summed E-state index contributed by atoms with van der Waals surface area (Å²) in [5, 5.41) is 25.9. The predicted molar refractivity (Wildman–Crippen MR) is 82.4 cm³/mol. The Morgan fingerprint density at radius 1 is 1.14 bits per heavy atom. The van der Waals surface area contributed by atoms with Crippen molar-refractivity contribution in [1.82, 2.24) is 25.3 Å². The molecule has 0 amide bonds. The number of tetrazole rings is 1. The Balaban J connectivity index is 1.93. The van der Waals surface area contributed by atoms with Gasteiger partial charge in [0.2, 0.25) is 0 Å². The van der Waals surface area contributed by atoms with Crippen LogP contribution in [0.2, 0.25) is 0 Å². The van der Waals surface area contributed by atoms with Crippen molar-refractivity contribution >= 4 is 11.5 Å². The lowest BCUT2D eigenvalue weighted by Gasteiger charge is -2.29. The van der Waals surface area contributed by atoms with Gasteiger partial charge in [0.1, 0.15) is 0 Å². The molecule has 0 aliphatic heterocycles. The molecule has 0 saturated heterocycles. The summed E-state index contributed by atoms with van der Waals surface area (Å²) in [7, 11) is 0. The molecule has 22 heavy (non-hydrogen) atoms. The Morgan fingerprint density at radius 2 is 1.91 bits per heavy atom. The van der Waals surface area contributed by atoms with Crippen LogP contribution in [0, 0.1) is 0 Å². The first kappa shape index (κ1) is 14.4. The van der Waals surface area contributed by atoms with Crippen LogP contribution in [0.1, 0.15) is 19.4 Å². The van der Waals surface area contributed by atoms with Crippen LogP contribution < -0.4 is 4.90 Å². The molecule has 7 heteroatoms. The van der Waals surface area contributed by atoms with Gasteiger partial charge in [0.15, 0.2) is 11.5 Å². The van der Waals surface area contributed by atoms with Gasteiger partial charge in [0.25, 0.3) is 0 Å². The molecule has 7 nitrogen and oxygen atoms in total.